The molecule has 1 aromatic rings. The Balaban J connectivity index is 1.64. The summed E-state index contributed by atoms with van der Waals surface area (Å²) in [4.78, 5) is 6.91. The van der Waals surface area contributed by atoms with Crippen LogP contribution >= 0.6 is 0 Å². The molecule has 2 aliphatic rings. The Morgan fingerprint density at radius 3 is 2.56 bits per heavy atom. The zero-order chi connectivity index (χ0) is 12.8. The molecule has 0 bridgehead atoms. The molecule has 5 nitrogen and oxygen atoms in total. The lowest BCUT2D eigenvalue weighted by Gasteiger charge is -2.19. The van der Waals surface area contributed by atoms with Crippen LogP contribution in [0, 0.1) is 5.92 Å². The molecule has 0 saturated heterocycles. The lowest BCUT2D eigenvalue weighted by molar-refractivity contribution is 0.209. The second-order valence-electron chi connectivity index (χ2n) is 6.34. The van der Waals surface area contributed by atoms with Gasteiger partial charge < -0.3 is 10.3 Å². The quantitative estimate of drug-likeness (QED) is 0.831. The molecule has 0 radical (unpaired) electrons. The van der Waals surface area contributed by atoms with Crippen molar-refractivity contribution in [2.45, 2.75) is 57.7 Å². The van der Waals surface area contributed by atoms with E-state index in [1.165, 1.54) is 32.2 Å². The molecule has 0 aliphatic heterocycles. The average molecular weight is 250 g/mol. The summed E-state index contributed by atoms with van der Waals surface area (Å²) >= 11 is 0. The third-order valence-corrected chi connectivity index (χ3v) is 3.64. The van der Waals surface area contributed by atoms with Crippen LogP contribution in [-0.2, 0) is 12.1 Å². The largest absolute Gasteiger partial charge is 0.338 e. The third-order valence-electron chi connectivity index (χ3n) is 3.64. The monoisotopic (exact) mass is 250 g/mol. The van der Waals surface area contributed by atoms with Gasteiger partial charge in [-0.3, -0.25) is 4.90 Å². The van der Waals surface area contributed by atoms with Gasteiger partial charge in [0.15, 0.2) is 5.82 Å². The number of aromatic nitrogens is 2. The summed E-state index contributed by atoms with van der Waals surface area (Å²) in [6.07, 6.45) is 5.40. The molecule has 0 amide bonds. The summed E-state index contributed by atoms with van der Waals surface area (Å²) in [7, 11) is 0. The molecular weight excluding hydrogens is 228 g/mol. The minimum Gasteiger partial charge on any atom is -0.338 e. The number of nitrogens with two attached hydrogens (primary N) is 1. The van der Waals surface area contributed by atoms with Gasteiger partial charge in [0.25, 0.3) is 0 Å². The molecule has 0 atom stereocenters. The second-order valence-corrected chi connectivity index (χ2v) is 6.34. The number of rotatable bonds is 6. The van der Waals surface area contributed by atoms with Crippen molar-refractivity contribution in [2.24, 2.45) is 11.7 Å². The fraction of sp³-hybridized carbons (Fsp3) is 0.846. The summed E-state index contributed by atoms with van der Waals surface area (Å²) in [5.41, 5.74) is 5.44. The first-order valence-electron chi connectivity index (χ1n) is 6.88. The Morgan fingerprint density at radius 1 is 1.33 bits per heavy atom. The molecule has 0 unspecified atom stereocenters. The van der Waals surface area contributed by atoms with E-state index in [0.29, 0.717) is 11.7 Å². The van der Waals surface area contributed by atoms with Gasteiger partial charge in [0.2, 0.25) is 5.89 Å². The highest BCUT2D eigenvalue weighted by Gasteiger charge is 2.34. The molecule has 2 aliphatic carbocycles. The zero-order valence-electron chi connectivity index (χ0n) is 11.2. The molecule has 1 heterocycles. The van der Waals surface area contributed by atoms with Gasteiger partial charge in [0.1, 0.15) is 0 Å². The standard InChI is InChI=1S/C13H22N4O/c1-13(2,14)12-15-11(18-16-12)8-17(10-5-6-10)7-9-3-4-9/h9-10H,3-8,14H2,1-2H3. The predicted octanol–water partition coefficient (Wildman–Crippen LogP) is 1.64. The molecule has 100 valence electrons. The van der Waals surface area contributed by atoms with Gasteiger partial charge in [0.05, 0.1) is 12.1 Å². The highest BCUT2D eigenvalue weighted by molar-refractivity contribution is 5.00. The van der Waals surface area contributed by atoms with Crippen LogP contribution < -0.4 is 5.73 Å². The van der Waals surface area contributed by atoms with E-state index in [9.17, 15) is 0 Å². The normalized spacial score (nSPS) is 20.7. The van der Waals surface area contributed by atoms with Gasteiger partial charge in [-0.25, -0.2) is 0 Å². The van der Waals surface area contributed by atoms with Gasteiger partial charge in [-0.1, -0.05) is 5.16 Å². The molecule has 2 fully saturated rings. The summed E-state index contributed by atoms with van der Waals surface area (Å²) in [6, 6.07) is 0.742. The van der Waals surface area contributed by atoms with Crippen molar-refractivity contribution in [1.82, 2.24) is 15.0 Å². The number of hydrogen-bond acceptors (Lipinski definition) is 5. The van der Waals surface area contributed by atoms with Crippen molar-refractivity contribution in [3.63, 3.8) is 0 Å². The lowest BCUT2D eigenvalue weighted by Crippen LogP contribution is -2.30. The fourth-order valence-corrected chi connectivity index (χ4v) is 2.17. The summed E-state index contributed by atoms with van der Waals surface area (Å²) in [6.45, 7) is 5.76. The van der Waals surface area contributed by atoms with E-state index in [2.05, 4.69) is 15.0 Å². The first-order chi connectivity index (χ1) is 8.52. The maximum atomic E-state index is 5.97. The van der Waals surface area contributed by atoms with E-state index in [4.69, 9.17) is 10.3 Å². The van der Waals surface area contributed by atoms with Gasteiger partial charge in [-0.15, -0.1) is 0 Å². The summed E-state index contributed by atoms with van der Waals surface area (Å²) in [5.74, 6) is 2.20. The fourth-order valence-electron chi connectivity index (χ4n) is 2.17. The predicted molar refractivity (Wildman–Crippen MR) is 67.7 cm³/mol. The molecule has 3 rings (SSSR count). The molecule has 2 N–H and O–H groups in total. The van der Waals surface area contributed by atoms with Crippen LogP contribution in [0.4, 0.5) is 0 Å². The SMILES string of the molecule is CC(C)(N)c1noc(CN(CC2CC2)C2CC2)n1. The number of hydrogen-bond donors (Lipinski definition) is 1. The number of nitrogens with zero attached hydrogens (tertiary/aromatic N) is 3. The van der Waals surface area contributed by atoms with Crippen LogP contribution in [0.1, 0.15) is 51.2 Å². The summed E-state index contributed by atoms with van der Waals surface area (Å²) in [5, 5.41) is 3.98. The van der Waals surface area contributed by atoms with Crippen molar-refractivity contribution < 1.29 is 4.52 Å². The molecular formula is C13H22N4O. The highest BCUT2D eigenvalue weighted by atomic mass is 16.5. The average Bonchev–Trinajstić information content (AvgIpc) is 3.16. The van der Waals surface area contributed by atoms with Crippen LogP contribution in [0.25, 0.3) is 0 Å². The molecule has 0 aromatic carbocycles. The van der Waals surface area contributed by atoms with E-state index in [-0.39, 0.29) is 0 Å². The van der Waals surface area contributed by atoms with Crippen LogP contribution in [-0.4, -0.2) is 27.6 Å². The molecule has 1 aromatic heterocycles. The van der Waals surface area contributed by atoms with Crippen LogP contribution in [0.15, 0.2) is 4.52 Å². The smallest absolute Gasteiger partial charge is 0.240 e. The molecule has 18 heavy (non-hydrogen) atoms. The molecule has 2 saturated carbocycles. The van der Waals surface area contributed by atoms with E-state index in [1.807, 2.05) is 13.8 Å². The van der Waals surface area contributed by atoms with Crippen LogP contribution in [0.2, 0.25) is 0 Å². The van der Waals surface area contributed by atoms with Crippen molar-refractivity contribution in [3.8, 4) is 0 Å². The molecule has 5 heteroatoms. The third kappa shape index (κ3) is 2.90. The maximum Gasteiger partial charge on any atom is 0.240 e. The van der Waals surface area contributed by atoms with Gasteiger partial charge in [0, 0.05) is 12.6 Å². The Morgan fingerprint density at radius 2 is 2.06 bits per heavy atom. The highest BCUT2D eigenvalue weighted by Crippen LogP contribution is 2.35. The minimum absolute atomic E-state index is 0.525. The van der Waals surface area contributed by atoms with Crippen molar-refractivity contribution in [2.75, 3.05) is 6.54 Å². The Labute approximate surface area is 108 Å². The first-order valence-corrected chi connectivity index (χ1v) is 6.88. The van der Waals surface area contributed by atoms with Crippen molar-refractivity contribution in [3.05, 3.63) is 11.7 Å². The maximum absolute atomic E-state index is 5.97. The zero-order valence-corrected chi connectivity index (χ0v) is 11.2. The van der Waals surface area contributed by atoms with Gasteiger partial charge >= 0.3 is 0 Å². The van der Waals surface area contributed by atoms with Crippen LogP contribution in [0.3, 0.4) is 0 Å². The van der Waals surface area contributed by atoms with Crippen molar-refractivity contribution >= 4 is 0 Å². The topological polar surface area (TPSA) is 68.2 Å². The van der Waals surface area contributed by atoms with Crippen molar-refractivity contribution in [1.29, 1.82) is 0 Å². The Bertz CT molecular complexity index is 415. The molecule has 0 spiro atoms. The Hall–Kier alpha value is -0.940. The minimum atomic E-state index is -0.525. The van der Waals surface area contributed by atoms with E-state index >= 15 is 0 Å². The van der Waals surface area contributed by atoms with Gasteiger partial charge in [-0.2, -0.15) is 4.98 Å². The van der Waals surface area contributed by atoms with E-state index < -0.39 is 5.54 Å². The Kier molecular flexibility index (Phi) is 2.90. The van der Waals surface area contributed by atoms with Gasteiger partial charge in [-0.05, 0) is 45.4 Å². The van der Waals surface area contributed by atoms with E-state index in [0.717, 1.165) is 18.5 Å². The van der Waals surface area contributed by atoms with Crippen LogP contribution in [0.5, 0.6) is 0 Å². The lowest BCUT2D eigenvalue weighted by atomic mass is 10.1. The first kappa shape index (κ1) is 12.1. The van der Waals surface area contributed by atoms with E-state index in [1.54, 1.807) is 0 Å². The summed E-state index contributed by atoms with van der Waals surface area (Å²) < 4.78 is 5.32. The second kappa shape index (κ2) is 4.31.